The first kappa shape index (κ1) is 12.7. The van der Waals surface area contributed by atoms with Gasteiger partial charge in [0.05, 0.1) is 5.69 Å². The number of nitrogens with zero attached hydrogens (tertiary/aromatic N) is 1. The number of halogens is 1. The molecule has 90 valence electrons. The van der Waals surface area contributed by atoms with Gasteiger partial charge in [0.1, 0.15) is 6.10 Å². The van der Waals surface area contributed by atoms with Gasteiger partial charge in [-0.1, -0.05) is 0 Å². The number of hydrogen-bond acceptors (Lipinski definition) is 3. The molecule has 0 fully saturated rings. The number of aromatic nitrogens is 1. The highest BCUT2D eigenvalue weighted by Crippen LogP contribution is 2.25. The van der Waals surface area contributed by atoms with Crippen LogP contribution in [0.3, 0.4) is 0 Å². The summed E-state index contributed by atoms with van der Waals surface area (Å²) in [5.74, 6) is 0. The lowest BCUT2D eigenvalue weighted by atomic mass is 10.1. The molecule has 0 aliphatic rings. The molecule has 0 radical (unpaired) electrons. The van der Waals surface area contributed by atoms with Crippen molar-refractivity contribution in [1.29, 1.82) is 0 Å². The van der Waals surface area contributed by atoms with Crippen LogP contribution in [0, 0.1) is 13.8 Å². The second-order valence-electron chi connectivity index (χ2n) is 4.16. The Balaban J connectivity index is 2.16. The Bertz CT molecular complexity index is 504. The van der Waals surface area contributed by atoms with Gasteiger partial charge in [-0.2, -0.15) is 0 Å². The third-order valence-electron chi connectivity index (χ3n) is 2.48. The van der Waals surface area contributed by atoms with Gasteiger partial charge in [0, 0.05) is 26.8 Å². The van der Waals surface area contributed by atoms with Gasteiger partial charge in [0.15, 0.2) is 0 Å². The summed E-state index contributed by atoms with van der Waals surface area (Å²) in [4.78, 5) is 5.54. The molecule has 2 heterocycles. The fourth-order valence-electron chi connectivity index (χ4n) is 1.80. The summed E-state index contributed by atoms with van der Waals surface area (Å²) in [5.41, 5.74) is 2.84. The highest BCUT2D eigenvalue weighted by Gasteiger charge is 2.12. The van der Waals surface area contributed by atoms with Gasteiger partial charge in [-0.05, 0) is 53.5 Å². The number of aryl methyl sites for hydroxylation is 2. The monoisotopic (exact) mass is 311 g/mol. The highest BCUT2D eigenvalue weighted by atomic mass is 79.9. The summed E-state index contributed by atoms with van der Waals surface area (Å²) in [6, 6.07) is 5.99. The quantitative estimate of drug-likeness (QED) is 0.935. The van der Waals surface area contributed by atoms with Crippen molar-refractivity contribution in [2.75, 3.05) is 0 Å². The van der Waals surface area contributed by atoms with Crippen molar-refractivity contribution in [1.82, 2.24) is 4.98 Å². The summed E-state index contributed by atoms with van der Waals surface area (Å²) in [7, 11) is 0. The lowest BCUT2D eigenvalue weighted by Crippen LogP contribution is -2.04. The van der Waals surface area contributed by atoms with E-state index in [9.17, 15) is 5.11 Å². The molecule has 0 saturated carbocycles. The van der Waals surface area contributed by atoms with Gasteiger partial charge in [0.2, 0.25) is 0 Å². The minimum atomic E-state index is -0.529. The van der Waals surface area contributed by atoms with Crippen LogP contribution >= 0.6 is 27.3 Å². The fraction of sp³-hybridized carbons (Fsp3) is 0.308. The second-order valence-corrected chi connectivity index (χ2v) is 6.07. The van der Waals surface area contributed by atoms with Gasteiger partial charge < -0.3 is 5.11 Å². The van der Waals surface area contributed by atoms with Crippen LogP contribution in [-0.2, 0) is 6.42 Å². The minimum absolute atomic E-state index is 0.529. The SMILES string of the molecule is Cc1cc(C)nc(C(O)Cc2cc(Br)cs2)c1. The smallest absolute Gasteiger partial charge is 0.101 e. The van der Waals surface area contributed by atoms with Crippen LogP contribution in [0.1, 0.15) is 27.9 Å². The van der Waals surface area contributed by atoms with E-state index in [1.54, 1.807) is 11.3 Å². The summed E-state index contributed by atoms with van der Waals surface area (Å²) in [5, 5.41) is 12.2. The Hall–Kier alpha value is -0.710. The standard InChI is InChI=1S/C13H14BrNOS/c1-8-3-9(2)15-12(4-8)13(16)6-11-5-10(14)7-17-11/h3-5,7,13,16H,6H2,1-2H3. The molecule has 2 aromatic heterocycles. The van der Waals surface area contributed by atoms with Gasteiger partial charge in [-0.25, -0.2) is 0 Å². The minimum Gasteiger partial charge on any atom is -0.386 e. The fourth-order valence-corrected chi connectivity index (χ4v) is 3.29. The number of thiophene rings is 1. The van der Waals surface area contributed by atoms with Crippen molar-refractivity contribution in [3.63, 3.8) is 0 Å². The Kier molecular flexibility index (Phi) is 3.97. The first-order valence-electron chi connectivity index (χ1n) is 5.41. The predicted molar refractivity (Wildman–Crippen MR) is 74.4 cm³/mol. The zero-order valence-corrected chi connectivity index (χ0v) is 12.2. The van der Waals surface area contributed by atoms with Gasteiger partial charge in [-0.15, -0.1) is 11.3 Å². The van der Waals surface area contributed by atoms with Crippen LogP contribution in [0.4, 0.5) is 0 Å². The molecule has 0 aliphatic heterocycles. The van der Waals surface area contributed by atoms with Crippen LogP contribution < -0.4 is 0 Å². The number of aliphatic hydroxyl groups excluding tert-OH is 1. The highest BCUT2D eigenvalue weighted by molar-refractivity contribution is 9.10. The molecule has 0 bridgehead atoms. The Morgan fingerprint density at radius 3 is 2.71 bits per heavy atom. The molecule has 2 rings (SSSR count). The molecule has 1 atom stereocenters. The Morgan fingerprint density at radius 2 is 2.12 bits per heavy atom. The first-order valence-corrected chi connectivity index (χ1v) is 7.08. The van der Waals surface area contributed by atoms with Crippen LogP contribution in [0.25, 0.3) is 0 Å². The van der Waals surface area contributed by atoms with Crippen LogP contribution in [-0.4, -0.2) is 10.1 Å². The molecule has 1 unspecified atom stereocenters. The van der Waals surface area contributed by atoms with E-state index in [0.29, 0.717) is 6.42 Å². The number of aliphatic hydroxyl groups is 1. The van der Waals surface area contributed by atoms with E-state index in [1.165, 1.54) is 0 Å². The molecular formula is C13H14BrNOS. The van der Waals surface area contributed by atoms with Crippen molar-refractivity contribution in [2.24, 2.45) is 0 Å². The molecule has 2 aromatic rings. The van der Waals surface area contributed by atoms with E-state index in [4.69, 9.17) is 0 Å². The maximum absolute atomic E-state index is 10.2. The van der Waals surface area contributed by atoms with Crippen molar-refractivity contribution in [2.45, 2.75) is 26.4 Å². The Morgan fingerprint density at radius 1 is 1.35 bits per heavy atom. The molecule has 0 saturated heterocycles. The average Bonchev–Trinajstić information content (AvgIpc) is 2.62. The molecule has 0 amide bonds. The summed E-state index contributed by atoms with van der Waals surface area (Å²) in [6.07, 6.45) is 0.0887. The van der Waals surface area contributed by atoms with E-state index in [0.717, 1.165) is 26.3 Å². The van der Waals surface area contributed by atoms with E-state index >= 15 is 0 Å². The normalized spacial score (nSPS) is 12.7. The zero-order chi connectivity index (χ0) is 12.4. The van der Waals surface area contributed by atoms with Crippen molar-refractivity contribution >= 4 is 27.3 Å². The lowest BCUT2D eigenvalue weighted by molar-refractivity contribution is 0.174. The lowest BCUT2D eigenvalue weighted by Gasteiger charge is -2.10. The summed E-state index contributed by atoms with van der Waals surface area (Å²) in [6.45, 7) is 3.97. The largest absolute Gasteiger partial charge is 0.386 e. The van der Waals surface area contributed by atoms with E-state index in [2.05, 4.69) is 20.9 Å². The van der Waals surface area contributed by atoms with Crippen LogP contribution in [0.15, 0.2) is 28.1 Å². The average molecular weight is 312 g/mol. The molecular weight excluding hydrogens is 298 g/mol. The molecule has 0 spiro atoms. The van der Waals surface area contributed by atoms with Crippen LogP contribution in [0.5, 0.6) is 0 Å². The maximum atomic E-state index is 10.2. The number of rotatable bonds is 3. The van der Waals surface area contributed by atoms with Gasteiger partial charge in [0.25, 0.3) is 0 Å². The number of hydrogen-bond donors (Lipinski definition) is 1. The van der Waals surface area contributed by atoms with Crippen molar-refractivity contribution in [3.8, 4) is 0 Å². The summed E-state index contributed by atoms with van der Waals surface area (Å²) < 4.78 is 1.07. The molecule has 0 aromatic carbocycles. The Labute approximate surface area is 113 Å². The van der Waals surface area contributed by atoms with Crippen molar-refractivity contribution < 1.29 is 5.11 Å². The number of pyridine rings is 1. The first-order chi connectivity index (χ1) is 8.04. The van der Waals surface area contributed by atoms with E-state index in [-0.39, 0.29) is 0 Å². The van der Waals surface area contributed by atoms with Gasteiger partial charge >= 0.3 is 0 Å². The van der Waals surface area contributed by atoms with E-state index < -0.39 is 6.10 Å². The van der Waals surface area contributed by atoms with E-state index in [1.807, 2.05) is 37.4 Å². The molecule has 17 heavy (non-hydrogen) atoms. The third-order valence-corrected chi connectivity index (χ3v) is 4.20. The molecule has 4 heteroatoms. The van der Waals surface area contributed by atoms with Gasteiger partial charge in [-0.3, -0.25) is 4.98 Å². The molecule has 0 aliphatic carbocycles. The summed E-state index contributed by atoms with van der Waals surface area (Å²) >= 11 is 5.06. The topological polar surface area (TPSA) is 33.1 Å². The maximum Gasteiger partial charge on any atom is 0.101 e. The predicted octanol–water partition coefficient (Wildman–Crippen LogP) is 3.80. The molecule has 2 nitrogen and oxygen atoms in total. The zero-order valence-electron chi connectivity index (χ0n) is 9.77. The second kappa shape index (κ2) is 5.29. The van der Waals surface area contributed by atoms with Crippen molar-refractivity contribution in [3.05, 3.63) is 49.9 Å². The third kappa shape index (κ3) is 3.37. The van der Waals surface area contributed by atoms with Crippen LogP contribution in [0.2, 0.25) is 0 Å². The molecule has 1 N–H and O–H groups in total.